The maximum atomic E-state index is 11.6. The van der Waals surface area contributed by atoms with Crippen LogP contribution in [0, 0.1) is 0 Å². The minimum Gasteiger partial charge on any atom is -0.165 e. The van der Waals surface area contributed by atoms with Crippen molar-refractivity contribution in [2.75, 3.05) is 0 Å². The normalized spacial score (nSPS) is 9.82. The van der Waals surface area contributed by atoms with Crippen LogP contribution in [0.2, 0.25) is 5.02 Å². The van der Waals surface area contributed by atoms with Crippen LogP contribution < -0.4 is 0 Å². The molecule has 0 saturated heterocycles. The molecular weight excluding hydrogens is 333 g/mol. The SMILES string of the molecule is Clc1ccccc1.FC(F)(F)c1cccs1.c1ccnnc1. The maximum absolute atomic E-state index is 11.6. The number of benzene rings is 1. The molecule has 0 aliphatic rings. The number of rotatable bonds is 0. The molecule has 2 aromatic heterocycles. The molecular formula is C15H12ClF3N2S. The largest absolute Gasteiger partial charge is 0.425 e. The highest BCUT2D eigenvalue weighted by molar-refractivity contribution is 7.10. The van der Waals surface area contributed by atoms with Crippen LogP contribution in [0.5, 0.6) is 0 Å². The molecule has 0 radical (unpaired) electrons. The third-order valence-electron chi connectivity index (χ3n) is 2.02. The molecule has 22 heavy (non-hydrogen) atoms. The topological polar surface area (TPSA) is 25.8 Å². The molecule has 0 unspecified atom stereocenters. The first-order valence-electron chi connectivity index (χ1n) is 6.03. The molecule has 0 spiro atoms. The van der Waals surface area contributed by atoms with Crippen LogP contribution in [0.3, 0.4) is 0 Å². The zero-order valence-electron chi connectivity index (χ0n) is 11.2. The molecule has 116 valence electrons. The van der Waals surface area contributed by atoms with Crippen molar-refractivity contribution in [3.8, 4) is 0 Å². The molecule has 0 atom stereocenters. The van der Waals surface area contributed by atoms with Crippen molar-refractivity contribution in [3.63, 3.8) is 0 Å². The number of hydrogen-bond acceptors (Lipinski definition) is 3. The molecule has 0 fully saturated rings. The van der Waals surface area contributed by atoms with Crippen LogP contribution in [0.4, 0.5) is 13.2 Å². The van der Waals surface area contributed by atoms with E-state index in [4.69, 9.17) is 11.6 Å². The van der Waals surface area contributed by atoms with E-state index in [1.54, 1.807) is 12.4 Å². The van der Waals surface area contributed by atoms with Gasteiger partial charge in [0.2, 0.25) is 0 Å². The summed E-state index contributed by atoms with van der Waals surface area (Å²) in [5.41, 5.74) is 0. The second kappa shape index (κ2) is 9.92. The van der Waals surface area contributed by atoms with E-state index >= 15 is 0 Å². The Hall–Kier alpha value is -1.92. The number of halogens is 4. The highest BCUT2D eigenvalue weighted by Gasteiger charge is 2.31. The minimum atomic E-state index is -4.16. The summed E-state index contributed by atoms with van der Waals surface area (Å²) in [5.74, 6) is 0. The van der Waals surface area contributed by atoms with Gasteiger partial charge < -0.3 is 0 Å². The Morgan fingerprint density at radius 2 is 1.41 bits per heavy atom. The van der Waals surface area contributed by atoms with Gasteiger partial charge in [-0.1, -0.05) is 35.9 Å². The Morgan fingerprint density at radius 3 is 1.64 bits per heavy atom. The second-order valence-corrected chi connectivity index (χ2v) is 5.07. The minimum absolute atomic E-state index is 0.539. The van der Waals surface area contributed by atoms with Crippen LogP contribution in [0.1, 0.15) is 4.88 Å². The van der Waals surface area contributed by atoms with Crippen LogP contribution in [-0.4, -0.2) is 10.2 Å². The molecule has 1 aromatic carbocycles. The maximum Gasteiger partial charge on any atom is 0.425 e. The standard InChI is InChI=1S/C6H5Cl.C5H3F3S.C4H4N2/c7-6-4-2-1-3-5-6;6-5(7,8)4-2-1-3-9-4;1-2-4-6-5-3-1/h1-5H;1-3H;1-4H. The fraction of sp³-hybridized carbons (Fsp3) is 0.0667. The monoisotopic (exact) mass is 344 g/mol. The van der Waals surface area contributed by atoms with Gasteiger partial charge in [-0.2, -0.15) is 23.4 Å². The molecule has 3 rings (SSSR count). The molecule has 0 amide bonds. The lowest BCUT2D eigenvalue weighted by Crippen LogP contribution is -2.00. The van der Waals surface area contributed by atoms with Crippen molar-refractivity contribution in [1.29, 1.82) is 0 Å². The van der Waals surface area contributed by atoms with Crippen LogP contribution in [0.25, 0.3) is 0 Å². The van der Waals surface area contributed by atoms with Crippen molar-refractivity contribution >= 4 is 22.9 Å². The van der Waals surface area contributed by atoms with E-state index in [0.717, 1.165) is 11.1 Å². The average Bonchev–Trinajstić information content (AvgIpc) is 3.06. The molecule has 2 nitrogen and oxygen atoms in total. The molecule has 7 heteroatoms. The van der Waals surface area contributed by atoms with Crippen molar-refractivity contribution in [2.45, 2.75) is 6.18 Å². The number of alkyl halides is 3. The summed E-state index contributed by atoms with van der Waals surface area (Å²) in [6.07, 6.45) is -0.881. The third-order valence-corrected chi connectivity index (χ3v) is 3.18. The number of aromatic nitrogens is 2. The molecule has 0 aliphatic carbocycles. The molecule has 2 heterocycles. The molecule has 0 bridgehead atoms. The summed E-state index contributed by atoms with van der Waals surface area (Å²) in [6.45, 7) is 0. The Labute approximate surface area is 135 Å². The molecule has 3 aromatic rings. The van der Waals surface area contributed by atoms with Gasteiger partial charge in [-0.15, -0.1) is 11.3 Å². The van der Waals surface area contributed by atoms with E-state index in [1.807, 2.05) is 42.5 Å². The predicted octanol–water partition coefficient (Wildman–Crippen LogP) is 5.58. The highest BCUT2D eigenvalue weighted by atomic mass is 35.5. The summed E-state index contributed by atoms with van der Waals surface area (Å²) in [5, 5.41) is 9.27. The highest BCUT2D eigenvalue weighted by Crippen LogP contribution is 2.32. The van der Waals surface area contributed by atoms with Crippen molar-refractivity contribution in [2.24, 2.45) is 0 Å². The summed E-state index contributed by atoms with van der Waals surface area (Å²) in [4.78, 5) is -0.539. The summed E-state index contributed by atoms with van der Waals surface area (Å²) >= 11 is 6.24. The van der Waals surface area contributed by atoms with E-state index in [-0.39, 0.29) is 0 Å². The summed E-state index contributed by atoms with van der Waals surface area (Å²) in [6, 6.07) is 15.5. The number of hydrogen-bond donors (Lipinski definition) is 0. The Morgan fingerprint density at radius 1 is 0.818 bits per heavy atom. The lowest BCUT2D eigenvalue weighted by Gasteiger charge is -1.99. The van der Waals surface area contributed by atoms with Gasteiger partial charge in [-0.3, -0.25) is 0 Å². The molecule has 0 aliphatic heterocycles. The zero-order valence-corrected chi connectivity index (χ0v) is 12.8. The van der Waals surface area contributed by atoms with E-state index in [9.17, 15) is 13.2 Å². The summed E-state index contributed by atoms with van der Waals surface area (Å²) < 4.78 is 34.9. The summed E-state index contributed by atoms with van der Waals surface area (Å²) in [7, 11) is 0. The van der Waals surface area contributed by atoms with Gasteiger partial charge in [0.05, 0.1) is 0 Å². The average molecular weight is 345 g/mol. The quantitative estimate of drug-likeness (QED) is 0.531. The van der Waals surface area contributed by atoms with Gasteiger partial charge in [0.15, 0.2) is 0 Å². The lowest BCUT2D eigenvalue weighted by atomic mass is 10.4. The van der Waals surface area contributed by atoms with E-state index in [2.05, 4.69) is 10.2 Å². The first-order chi connectivity index (χ1) is 10.5. The van der Waals surface area contributed by atoms with E-state index in [0.29, 0.717) is 11.3 Å². The number of thiophene rings is 1. The van der Waals surface area contributed by atoms with Gasteiger partial charge in [0, 0.05) is 17.4 Å². The zero-order chi connectivity index (χ0) is 16.3. The lowest BCUT2D eigenvalue weighted by molar-refractivity contribution is -0.134. The van der Waals surface area contributed by atoms with Crippen molar-refractivity contribution in [3.05, 3.63) is 82.3 Å². The Balaban J connectivity index is 0.000000169. The van der Waals surface area contributed by atoms with Gasteiger partial charge in [0.1, 0.15) is 4.88 Å². The van der Waals surface area contributed by atoms with Gasteiger partial charge in [0.25, 0.3) is 0 Å². The smallest absolute Gasteiger partial charge is 0.165 e. The van der Waals surface area contributed by atoms with Crippen LogP contribution in [-0.2, 0) is 6.18 Å². The first-order valence-corrected chi connectivity index (χ1v) is 7.29. The molecule has 0 saturated carbocycles. The Bertz CT molecular complexity index is 575. The van der Waals surface area contributed by atoms with Crippen LogP contribution in [0.15, 0.2) is 72.4 Å². The predicted molar refractivity (Wildman–Crippen MR) is 82.8 cm³/mol. The second-order valence-electron chi connectivity index (χ2n) is 3.68. The fourth-order valence-corrected chi connectivity index (χ4v) is 1.85. The number of nitrogens with zero attached hydrogens (tertiary/aromatic N) is 2. The fourth-order valence-electron chi connectivity index (χ4n) is 1.11. The van der Waals surface area contributed by atoms with Crippen molar-refractivity contribution in [1.82, 2.24) is 10.2 Å². The first kappa shape index (κ1) is 18.1. The van der Waals surface area contributed by atoms with Gasteiger partial charge in [-0.25, -0.2) is 0 Å². The van der Waals surface area contributed by atoms with Gasteiger partial charge in [-0.05, 0) is 35.7 Å². The molecule has 0 N–H and O–H groups in total. The van der Waals surface area contributed by atoms with E-state index < -0.39 is 11.1 Å². The Kier molecular flexibility index (Phi) is 8.17. The van der Waals surface area contributed by atoms with Gasteiger partial charge >= 0.3 is 6.18 Å². The van der Waals surface area contributed by atoms with E-state index in [1.165, 1.54) is 11.4 Å². The van der Waals surface area contributed by atoms with Crippen molar-refractivity contribution < 1.29 is 13.2 Å². The third kappa shape index (κ3) is 8.39. The van der Waals surface area contributed by atoms with Crippen LogP contribution >= 0.6 is 22.9 Å².